The number of carbonyl (C=O) groups excluding carboxylic acids is 1. The van der Waals surface area contributed by atoms with Crippen molar-refractivity contribution in [2.45, 2.75) is 11.6 Å². The van der Waals surface area contributed by atoms with Gasteiger partial charge in [-0.3, -0.25) is 9.36 Å². The van der Waals surface area contributed by atoms with Gasteiger partial charge in [0.2, 0.25) is 5.91 Å². The van der Waals surface area contributed by atoms with E-state index in [1.807, 2.05) is 59.2 Å². The summed E-state index contributed by atoms with van der Waals surface area (Å²) in [7, 11) is 1.65. The number of nitrogens with one attached hydrogen (secondary N) is 1. The number of para-hydroxylation sites is 2. The summed E-state index contributed by atoms with van der Waals surface area (Å²) in [6.07, 6.45) is 2.37. The first-order chi connectivity index (χ1) is 12.8. The smallest absolute Gasteiger partial charge is 0.230 e. The van der Waals surface area contributed by atoms with Gasteiger partial charge in [0.1, 0.15) is 12.1 Å². The van der Waals surface area contributed by atoms with Crippen molar-refractivity contribution in [3.63, 3.8) is 0 Å². The highest BCUT2D eigenvalue weighted by Crippen LogP contribution is 2.19. The van der Waals surface area contributed by atoms with Gasteiger partial charge < -0.3 is 10.1 Å². The van der Waals surface area contributed by atoms with Gasteiger partial charge in [-0.05, 0) is 30.2 Å². The molecule has 6 nitrogen and oxygen atoms in total. The summed E-state index contributed by atoms with van der Waals surface area (Å²) in [5, 5.41) is 11.7. The third-order valence-electron chi connectivity index (χ3n) is 3.79. The summed E-state index contributed by atoms with van der Waals surface area (Å²) < 4.78 is 7.19. The van der Waals surface area contributed by atoms with Crippen molar-refractivity contribution >= 4 is 17.7 Å². The molecule has 0 aliphatic rings. The second kappa shape index (κ2) is 9.05. The molecule has 7 heteroatoms. The molecule has 0 bridgehead atoms. The van der Waals surface area contributed by atoms with Crippen LogP contribution in [0.1, 0.15) is 5.56 Å². The Bertz CT molecular complexity index is 852. The number of hydrogen-bond donors (Lipinski definition) is 1. The first-order valence-corrected chi connectivity index (χ1v) is 9.23. The van der Waals surface area contributed by atoms with Crippen molar-refractivity contribution in [3.8, 4) is 11.4 Å². The van der Waals surface area contributed by atoms with E-state index in [0.29, 0.717) is 11.7 Å². The van der Waals surface area contributed by atoms with Crippen LogP contribution in [0, 0.1) is 0 Å². The summed E-state index contributed by atoms with van der Waals surface area (Å²) in [5.74, 6) is 1.09. The van der Waals surface area contributed by atoms with E-state index in [4.69, 9.17) is 4.74 Å². The van der Waals surface area contributed by atoms with Gasteiger partial charge in [-0.25, -0.2) is 0 Å². The zero-order valence-corrected chi connectivity index (χ0v) is 15.3. The van der Waals surface area contributed by atoms with Crippen LogP contribution in [0.15, 0.2) is 66.1 Å². The molecule has 0 saturated carbocycles. The minimum atomic E-state index is -0.0347. The molecule has 0 radical (unpaired) electrons. The maximum absolute atomic E-state index is 12.1. The fourth-order valence-electron chi connectivity index (χ4n) is 2.52. The van der Waals surface area contributed by atoms with Gasteiger partial charge in [0.25, 0.3) is 0 Å². The molecule has 0 unspecified atom stereocenters. The molecule has 0 aliphatic heterocycles. The number of hydrogen-bond acceptors (Lipinski definition) is 5. The average molecular weight is 368 g/mol. The molecule has 0 fully saturated rings. The molecule has 1 aromatic heterocycles. The maximum atomic E-state index is 12.1. The van der Waals surface area contributed by atoms with Crippen LogP contribution >= 0.6 is 11.8 Å². The Balaban J connectivity index is 1.49. The van der Waals surface area contributed by atoms with Crippen molar-refractivity contribution in [2.24, 2.45) is 0 Å². The van der Waals surface area contributed by atoms with Crippen molar-refractivity contribution in [2.75, 3.05) is 19.4 Å². The van der Waals surface area contributed by atoms with E-state index in [9.17, 15) is 4.79 Å². The largest absolute Gasteiger partial charge is 0.496 e. The fraction of sp³-hybridized carbons (Fsp3) is 0.211. The van der Waals surface area contributed by atoms with Crippen LogP contribution in [0.5, 0.6) is 5.75 Å². The van der Waals surface area contributed by atoms with E-state index in [0.717, 1.165) is 23.4 Å². The summed E-state index contributed by atoms with van der Waals surface area (Å²) in [6.45, 7) is 0.561. The zero-order chi connectivity index (χ0) is 18.2. The lowest BCUT2D eigenvalue weighted by atomic mass is 10.1. The van der Waals surface area contributed by atoms with Crippen LogP contribution in [0.3, 0.4) is 0 Å². The van der Waals surface area contributed by atoms with Crippen LogP contribution in [0.2, 0.25) is 0 Å². The molecule has 1 N–H and O–H groups in total. The molecule has 3 rings (SSSR count). The number of ether oxygens (including phenoxy) is 1. The molecule has 1 amide bonds. The third kappa shape index (κ3) is 4.64. The number of aromatic nitrogens is 3. The Kier molecular flexibility index (Phi) is 6.27. The molecule has 26 heavy (non-hydrogen) atoms. The predicted octanol–water partition coefficient (Wildman–Crippen LogP) is 2.73. The third-order valence-corrected chi connectivity index (χ3v) is 4.74. The number of nitrogens with zero attached hydrogens (tertiary/aromatic N) is 3. The molecule has 1 heterocycles. The van der Waals surface area contributed by atoms with Crippen molar-refractivity contribution < 1.29 is 9.53 Å². The number of methoxy groups -OCH3 is 1. The van der Waals surface area contributed by atoms with Crippen molar-refractivity contribution in [3.05, 3.63) is 66.5 Å². The number of thioether (sulfide) groups is 1. The van der Waals surface area contributed by atoms with Gasteiger partial charge in [-0.15, -0.1) is 10.2 Å². The highest BCUT2D eigenvalue weighted by Gasteiger charge is 2.10. The Morgan fingerprint density at radius 2 is 1.92 bits per heavy atom. The van der Waals surface area contributed by atoms with Crippen molar-refractivity contribution in [1.29, 1.82) is 0 Å². The van der Waals surface area contributed by atoms with Crippen LogP contribution in [-0.4, -0.2) is 40.1 Å². The first-order valence-electron chi connectivity index (χ1n) is 8.25. The van der Waals surface area contributed by atoms with E-state index in [1.165, 1.54) is 11.8 Å². The average Bonchev–Trinajstić information content (AvgIpc) is 3.16. The second-order valence-electron chi connectivity index (χ2n) is 5.52. The molecule has 3 aromatic rings. The minimum absolute atomic E-state index is 0.0347. The fourth-order valence-corrected chi connectivity index (χ4v) is 3.27. The van der Waals surface area contributed by atoms with E-state index >= 15 is 0 Å². The van der Waals surface area contributed by atoms with Crippen LogP contribution in [0.4, 0.5) is 0 Å². The Hall–Kier alpha value is -2.80. The quantitative estimate of drug-likeness (QED) is 0.619. The molecular formula is C19H20N4O2S. The summed E-state index contributed by atoms with van der Waals surface area (Å²) >= 11 is 1.36. The lowest BCUT2D eigenvalue weighted by molar-refractivity contribution is -0.118. The normalized spacial score (nSPS) is 10.5. The number of benzene rings is 2. The molecule has 0 saturated heterocycles. The molecule has 0 aliphatic carbocycles. The Morgan fingerprint density at radius 3 is 2.73 bits per heavy atom. The second-order valence-corrected chi connectivity index (χ2v) is 6.46. The standard InChI is InChI=1S/C19H20N4O2S/c1-25-17-10-6-5-7-15(17)11-12-20-18(24)13-26-19-22-21-14-23(19)16-8-3-2-4-9-16/h2-10,14H,11-13H2,1H3,(H,20,24). The van der Waals surface area contributed by atoms with Gasteiger partial charge in [0.15, 0.2) is 5.16 Å². The maximum Gasteiger partial charge on any atom is 0.230 e. The van der Waals surface area contributed by atoms with Gasteiger partial charge in [0.05, 0.1) is 12.9 Å². The predicted molar refractivity (Wildman–Crippen MR) is 102 cm³/mol. The number of carbonyl (C=O) groups is 1. The first kappa shape index (κ1) is 18.0. The van der Waals surface area contributed by atoms with Crippen LogP contribution < -0.4 is 10.1 Å². The SMILES string of the molecule is COc1ccccc1CCNC(=O)CSc1nncn1-c1ccccc1. The molecule has 0 spiro atoms. The lowest BCUT2D eigenvalue weighted by Crippen LogP contribution is -2.27. The summed E-state index contributed by atoms with van der Waals surface area (Å²) in [5.41, 5.74) is 2.04. The summed E-state index contributed by atoms with van der Waals surface area (Å²) in [4.78, 5) is 12.1. The molecule has 134 valence electrons. The van der Waals surface area contributed by atoms with Gasteiger partial charge in [-0.2, -0.15) is 0 Å². The Labute approximate surface area is 156 Å². The van der Waals surface area contributed by atoms with E-state index in [1.54, 1.807) is 13.4 Å². The highest BCUT2D eigenvalue weighted by atomic mass is 32.2. The molecule has 0 atom stereocenters. The van der Waals surface area contributed by atoms with E-state index in [2.05, 4.69) is 15.5 Å². The van der Waals surface area contributed by atoms with E-state index < -0.39 is 0 Å². The number of amides is 1. The van der Waals surface area contributed by atoms with Crippen LogP contribution in [-0.2, 0) is 11.2 Å². The lowest BCUT2D eigenvalue weighted by Gasteiger charge is -2.09. The molecule has 2 aromatic carbocycles. The minimum Gasteiger partial charge on any atom is -0.496 e. The van der Waals surface area contributed by atoms with Crippen molar-refractivity contribution in [1.82, 2.24) is 20.1 Å². The molecular weight excluding hydrogens is 348 g/mol. The van der Waals surface area contributed by atoms with Gasteiger partial charge >= 0.3 is 0 Å². The van der Waals surface area contributed by atoms with Gasteiger partial charge in [-0.1, -0.05) is 48.2 Å². The Morgan fingerprint density at radius 1 is 1.15 bits per heavy atom. The monoisotopic (exact) mass is 368 g/mol. The highest BCUT2D eigenvalue weighted by molar-refractivity contribution is 7.99. The van der Waals surface area contributed by atoms with Gasteiger partial charge in [0, 0.05) is 12.2 Å². The zero-order valence-electron chi connectivity index (χ0n) is 14.5. The van der Waals surface area contributed by atoms with E-state index in [-0.39, 0.29) is 11.7 Å². The van der Waals surface area contributed by atoms with Crippen LogP contribution in [0.25, 0.3) is 5.69 Å². The summed E-state index contributed by atoms with van der Waals surface area (Å²) in [6, 6.07) is 17.6. The topological polar surface area (TPSA) is 69.0 Å². The number of rotatable bonds is 8.